The predicted octanol–water partition coefficient (Wildman–Crippen LogP) is 3.75. The number of anilines is 2. The second kappa shape index (κ2) is 8.75. The van der Waals surface area contributed by atoms with Crippen molar-refractivity contribution in [2.24, 2.45) is 0 Å². The first kappa shape index (κ1) is 21.2. The van der Waals surface area contributed by atoms with Crippen molar-refractivity contribution in [3.05, 3.63) is 28.2 Å². The second-order valence-electron chi connectivity index (χ2n) is 5.45. The van der Waals surface area contributed by atoms with Crippen LogP contribution in [0.1, 0.15) is 13.8 Å². The molecule has 2 aromatic rings. The zero-order valence-corrected chi connectivity index (χ0v) is 18.0. The van der Waals surface area contributed by atoms with Gasteiger partial charge in [0.1, 0.15) is 6.54 Å². The average Bonchev–Trinajstić information content (AvgIpc) is 2.92. The Bertz CT molecular complexity index is 903. The number of hydrogen-bond donors (Lipinski definition) is 1. The topological polar surface area (TPSA) is 92.3 Å². The summed E-state index contributed by atoms with van der Waals surface area (Å²) in [5.41, 5.74) is 0.130. The highest BCUT2D eigenvalue weighted by Gasteiger charge is 2.24. The Kier molecular flexibility index (Phi) is 7.14. The van der Waals surface area contributed by atoms with Gasteiger partial charge in [-0.1, -0.05) is 60.1 Å². The molecule has 0 aliphatic rings. The molecule has 12 heteroatoms. The molecule has 0 saturated heterocycles. The maximum Gasteiger partial charge on any atom is 0.246 e. The molecule has 0 spiro atoms. The first-order chi connectivity index (χ1) is 12.1. The van der Waals surface area contributed by atoms with Crippen LogP contribution in [0.2, 0.25) is 10.0 Å². The van der Waals surface area contributed by atoms with Crippen molar-refractivity contribution in [3.63, 3.8) is 0 Å². The van der Waals surface area contributed by atoms with Gasteiger partial charge >= 0.3 is 0 Å². The number of rotatable bonds is 7. The maximum atomic E-state index is 12.3. The highest BCUT2D eigenvalue weighted by molar-refractivity contribution is 8.01. The van der Waals surface area contributed by atoms with E-state index in [1.54, 1.807) is 0 Å². The number of aromatic nitrogens is 2. The third-order valence-electron chi connectivity index (χ3n) is 2.85. The molecule has 1 aromatic heterocycles. The van der Waals surface area contributed by atoms with Gasteiger partial charge in [0.15, 0.2) is 4.34 Å². The van der Waals surface area contributed by atoms with Crippen molar-refractivity contribution in [1.29, 1.82) is 0 Å². The van der Waals surface area contributed by atoms with Gasteiger partial charge in [0.25, 0.3) is 0 Å². The van der Waals surface area contributed by atoms with Crippen LogP contribution in [0.5, 0.6) is 0 Å². The summed E-state index contributed by atoms with van der Waals surface area (Å²) in [6.45, 7) is 3.57. The quantitative estimate of drug-likeness (QED) is 0.505. The molecule has 0 saturated carbocycles. The third kappa shape index (κ3) is 5.98. The van der Waals surface area contributed by atoms with Crippen molar-refractivity contribution < 1.29 is 13.2 Å². The lowest BCUT2D eigenvalue weighted by Gasteiger charge is -2.22. The number of amides is 1. The summed E-state index contributed by atoms with van der Waals surface area (Å²) in [6.07, 6.45) is 0.986. The summed E-state index contributed by atoms with van der Waals surface area (Å²) in [5.74, 6) is -0.566. The summed E-state index contributed by atoms with van der Waals surface area (Å²) in [4.78, 5) is 12.3. The number of hydrogen-bond acceptors (Lipinski definition) is 7. The molecule has 0 aliphatic carbocycles. The van der Waals surface area contributed by atoms with Gasteiger partial charge in [0.2, 0.25) is 21.1 Å². The van der Waals surface area contributed by atoms with Crippen LogP contribution in [0.4, 0.5) is 10.8 Å². The molecule has 2 rings (SSSR count). The summed E-state index contributed by atoms with van der Waals surface area (Å²) >= 11 is 14.7. The van der Waals surface area contributed by atoms with E-state index in [0.717, 1.165) is 10.6 Å². The van der Waals surface area contributed by atoms with Gasteiger partial charge in [-0.2, -0.15) is 0 Å². The highest BCUT2D eigenvalue weighted by Crippen LogP contribution is 2.31. The summed E-state index contributed by atoms with van der Waals surface area (Å²) in [5, 5.41) is 11.5. The number of nitrogens with one attached hydrogen (secondary N) is 1. The lowest BCUT2D eigenvalue weighted by Crippen LogP contribution is -2.37. The molecule has 0 bridgehead atoms. The zero-order chi connectivity index (χ0) is 19.5. The SMILES string of the molecule is CC(C)Sc1nnc(NC(=O)CN(c2cc(Cl)ccc2Cl)S(C)(=O)=O)s1. The number of carbonyl (C=O) groups excluding carboxylic acids is 1. The second-order valence-corrected chi connectivity index (χ2v) is 11.0. The van der Waals surface area contributed by atoms with E-state index in [0.29, 0.717) is 19.7 Å². The van der Waals surface area contributed by atoms with Crippen LogP contribution in [0, 0.1) is 0 Å². The minimum atomic E-state index is -3.76. The number of thioether (sulfide) groups is 1. The average molecular weight is 455 g/mol. The normalized spacial score (nSPS) is 11.6. The minimum absolute atomic E-state index is 0.130. The van der Waals surface area contributed by atoms with Gasteiger partial charge in [-0.15, -0.1) is 10.2 Å². The van der Waals surface area contributed by atoms with E-state index in [-0.39, 0.29) is 10.7 Å². The van der Waals surface area contributed by atoms with Crippen molar-refractivity contribution >= 4 is 73.0 Å². The molecule has 1 N–H and O–H groups in total. The minimum Gasteiger partial charge on any atom is -0.299 e. The van der Waals surface area contributed by atoms with Crippen LogP contribution >= 0.6 is 46.3 Å². The number of carbonyl (C=O) groups is 1. The molecule has 0 aliphatic heterocycles. The van der Waals surface area contributed by atoms with Crippen molar-refractivity contribution in [3.8, 4) is 0 Å². The van der Waals surface area contributed by atoms with Gasteiger partial charge in [0.05, 0.1) is 17.0 Å². The van der Waals surface area contributed by atoms with E-state index in [1.807, 2.05) is 13.8 Å². The molecule has 0 atom stereocenters. The van der Waals surface area contributed by atoms with Crippen LogP contribution < -0.4 is 9.62 Å². The third-order valence-corrected chi connectivity index (χ3v) is 6.46. The molecule has 0 unspecified atom stereocenters. The van der Waals surface area contributed by atoms with Gasteiger partial charge < -0.3 is 0 Å². The van der Waals surface area contributed by atoms with Crippen LogP contribution in [0.3, 0.4) is 0 Å². The Morgan fingerprint density at radius 1 is 1.35 bits per heavy atom. The summed E-state index contributed by atoms with van der Waals surface area (Å²) in [6, 6.07) is 4.39. The Morgan fingerprint density at radius 3 is 2.65 bits per heavy atom. The predicted molar refractivity (Wildman–Crippen MR) is 108 cm³/mol. The van der Waals surface area contributed by atoms with Gasteiger partial charge in [0, 0.05) is 10.3 Å². The zero-order valence-electron chi connectivity index (χ0n) is 14.1. The number of halogens is 2. The lowest BCUT2D eigenvalue weighted by molar-refractivity contribution is -0.114. The smallest absolute Gasteiger partial charge is 0.246 e. The molecule has 1 amide bonds. The molecule has 0 fully saturated rings. The fraction of sp³-hybridized carbons (Fsp3) is 0.357. The molecule has 7 nitrogen and oxygen atoms in total. The molecule has 1 heterocycles. The van der Waals surface area contributed by atoms with E-state index < -0.39 is 22.5 Å². The molecule has 1 aromatic carbocycles. The Labute approximate surface area is 170 Å². The molecular weight excluding hydrogens is 439 g/mol. The van der Waals surface area contributed by atoms with Gasteiger partial charge in [-0.3, -0.25) is 14.4 Å². The van der Waals surface area contributed by atoms with Crippen molar-refractivity contribution in [2.45, 2.75) is 23.4 Å². The standard InChI is InChI=1S/C14H16Cl2N4O3S3/c1-8(2)24-14-19-18-13(25-14)17-12(21)7-20(26(3,22)23)11-6-9(15)4-5-10(11)16/h4-6,8H,7H2,1-3H3,(H,17,18,21). The Morgan fingerprint density at radius 2 is 2.04 bits per heavy atom. The molecule has 142 valence electrons. The highest BCUT2D eigenvalue weighted by atomic mass is 35.5. The van der Waals surface area contributed by atoms with Crippen LogP contribution in [-0.2, 0) is 14.8 Å². The first-order valence-corrected chi connectivity index (χ1v) is 11.6. The number of benzene rings is 1. The summed E-state index contributed by atoms with van der Waals surface area (Å²) in [7, 11) is -3.76. The van der Waals surface area contributed by atoms with E-state index in [4.69, 9.17) is 23.2 Å². The van der Waals surface area contributed by atoms with E-state index >= 15 is 0 Å². The van der Waals surface area contributed by atoms with Gasteiger partial charge in [-0.05, 0) is 18.2 Å². The largest absolute Gasteiger partial charge is 0.299 e. The molecule has 0 radical (unpaired) electrons. The van der Waals surface area contributed by atoms with Crippen LogP contribution in [-0.4, -0.2) is 42.6 Å². The fourth-order valence-corrected chi connectivity index (χ4v) is 5.14. The monoisotopic (exact) mass is 454 g/mol. The number of sulfonamides is 1. The van der Waals surface area contributed by atoms with E-state index in [1.165, 1.54) is 41.3 Å². The molecule has 26 heavy (non-hydrogen) atoms. The lowest BCUT2D eigenvalue weighted by atomic mass is 10.3. The van der Waals surface area contributed by atoms with E-state index in [9.17, 15) is 13.2 Å². The molecular formula is C14H16Cl2N4O3S3. The fourth-order valence-electron chi connectivity index (χ4n) is 1.86. The Balaban J connectivity index is 2.17. The van der Waals surface area contributed by atoms with Gasteiger partial charge in [-0.25, -0.2) is 8.42 Å². The van der Waals surface area contributed by atoms with Crippen LogP contribution in [0.15, 0.2) is 22.5 Å². The van der Waals surface area contributed by atoms with Crippen LogP contribution in [0.25, 0.3) is 0 Å². The van der Waals surface area contributed by atoms with Crippen molar-refractivity contribution in [2.75, 3.05) is 22.4 Å². The first-order valence-electron chi connectivity index (χ1n) is 7.29. The maximum absolute atomic E-state index is 12.3. The Hall–Kier alpha value is -1.07. The van der Waals surface area contributed by atoms with E-state index in [2.05, 4.69) is 15.5 Å². The summed E-state index contributed by atoms with van der Waals surface area (Å²) < 4.78 is 25.9. The number of nitrogens with zero attached hydrogens (tertiary/aromatic N) is 3. The van der Waals surface area contributed by atoms with Crippen molar-refractivity contribution in [1.82, 2.24) is 10.2 Å².